The molecule has 0 spiro atoms. The second-order valence-corrected chi connectivity index (χ2v) is 10.2. The van der Waals surface area contributed by atoms with Crippen LogP contribution in [-0.2, 0) is 30.3 Å². The standard InChI is InChI=1S/C27H41N3O6/c1-6-7-8-17(4)23-15-24(32)29-21(14-19-9-11-20(31)12-10-19)26(34)28-18(5)25(33)30-22(13-16(2)3)27(35)36-23/h9-12,16-18,21-23,31H,6-8,13-15H2,1-5H3,(H,28,34)(H,29,32)(H,30,33)/t17-,18-,21-,22+,23-/m0/s1. The number of benzene rings is 1. The van der Waals surface area contributed by atoms with Gasteiger partial charge in [-0.05, 0) is 49.3 Å². The van der Waals surface area contributed by atoms with Crippen molar-refractivity contribution in [3.63, 3.8) is 0 Å². The number of unbranched alkanes of at least 4 members (excludes halogenated alkanes) is 1. The number of nitrogens with one attached hydrogen (secondary N) is 3. The lowest BCUT2D eigenvalue weighted by Crippen LogP contribution is -2.55. The van der Waals surface area contributed by atoms with E-state index in [9.17, 15) is 24.3 Å². The van der Waals surface area contributed by atoms with Crippen molar-refractivity contribution >= 4 is 23.7 Å². The minimum absolute atomic E-state index is 0.0801. The van der Waals surface area contributed by atoms with Crippen molar-refractivity contribution in [3.05, 3.63) is 29.8 Å². The summed E-state index contributed by atoms with van der Waals surface area (Å²) < 4.78 is 5.84. The highest BCUT2D eigenvalue weighted by Gasteiger charge is 2.33. The van der Waals surface area contributed by atoms with Crippen LogP contribution in [0, 0.1) is 11.8 Å². The topological polar surface area (TPSA) is 134 Å². The second kappa shape index (κ2) is 13.8. The zero-order valence-corrected chi connectivity index (χ0v) is 22.0. The van der Waals surface area contributed by atoms with Crippen LogP contribution >= 0.6 is 0 Å². The summed E-state index contributed by atoms with van der Waals surface area (Å²) in [7, 11) is 0. The van der Waals surface area contributed by atoms with E-state index in [-0.39, 0.29) is 30.4 Å². The van der Waals surface area contributed by atoms with E-state index < -0.39 is 47.9 Å². The maximum atomic E-state index is 13.1. The van der Waals surface area contributed by atoms with Gasteiger partial charge < -0.3 is 25.8 Å². The zero-order valence-electron chi connectivity index (χ0n) is 22.0. The van der Waals surface area contributed by atoms with Gasteiger partial charge in [0.05, 0.1) is 6.42 Å². The average molecular weight is 504 g/mol. The van der Waals surface area contributed by atoms with Crippen LogP contribution in [0.1, 0.15) is 72.3 Å². The molecule has 2 rings (SSSR count). The number of phenols is 1. The van der Waals surface area contributed by atoms with Crippen LogP contribution in [0.3, 0.4) is 0 Å². The van der Waals surface area contributed by atoms with Gasteiger partial charge in [0, 0.05) is 6.42 Å². The Balaban J connectivity index is 2.36. The van der Waals surface area contributed by atoms with E-state index in [4.69, 9.17) is 4.74 Å². The summed E-state index contributed by atoms with van der Waals surface area (Å²) >= 11 is 0. The van der Waals surface area contributed by atoms with Crippen molar-refractivity contribution in [2.24, 2.45) is 11.8 Å². The summed E-state index contributed by atoms with van der Waals surface area (Å²) in [6.07, 6.45) is 2.43. The van der Waals surface area contributed by atoms with Crippen molar-refractivity contribution < 1.29 is 29.0 Å². The molecule has 0 radical (unpaired) electrons. The molecule has 3 amide bonds. The molecule has 0 bridgehead atoms. The number of rotatable bonds is 8. The summed E-state index contributed by atoms with van der Waals surface area (Å²) in [4.78, 5) is 52.2. The summed E-state index contributed by atoms with van der Waals surface area (Å²) in [5, 5.41) is 17.7. The highest BCUT2D eigenvalue weighted by molar-refractivity contribution is 5.94. The lowest BCUT2D eigenvalue weighted by molar-refractivity contribution is -0.157. The van der Waals surface area contributed by atoms with Crippen molar-refractivity contribution in [3.8, 4) is 5.75 Å². The van der Waals surface area contributed by atoms with E-state index in [0.29, 0.717) is 6.42 Å². The fourth-order valence-corrected chi connectivity index (χ4v) is 4.18. The number of cyclic esters (lactones) is 1. The van der Waals surface area contributed by atoms with Gasteiger partial charge in [0.25, 0.3) is 0 Å². The Morgan fingerprint density at radius 3 is 2.25 bits per heavy atom. The molecule has 5 atom stereocenters. The molecular weight excluding hydrogens is 462 g/mol. The molecule has 200 valence electrons. The number of phenolic OH excluding ortho intramolecular Hbond substituents is 1. The van der Waals surface area contributed by atoms with Gasteiger partial charge in [-0.3, -0.25) is 14.4 Å². The molecule has 36 heavy (non-hydrogen) atoms. The summed E-state index contributed by atoms with van der Waals surface area (Å²) in [5.41, 5.74) is 0.728. The third-order valence-corrected chi connectivity index (χ3v) is 6.39. The Morgan fingerprint density at radius 2 is 1.64 bits per heavy atom. The summed E-state index contributed by atoms with van der Waals surface area (Å²) in [6, 6.07) is 3.58. The minimum atomic E-state index is -0.952. The molecule has 0 aliphatic carbocycles. The molecule has 1 aliphatic heterocycles. The van der Waals surface area contributed by atoms with Crippen LogP contribution in [0.25, 0.3) is 0 Å². The molecule has 0 saturated carbocycles. The molecule has 4 N–H and O–H groups in total. The second-order valence-electron chi connectivity index (χ2n) is 10.2. The van der Waals surface area contributed by atoms with Gasteiger partial charge in [0.2, 0.25) is 17.7 Å². The Kier molecular flexibility index (Phi) is 11.2. The van der Waals surface area contributed by atoms with Crippen molar-refractivity contribution in [1.82, 2.24) is 16.0 Å². The number of carbonyl (C=O) groups excluding carboxylic acids is 4. The number of hydrogen-bond acceptors (Lipinski definition) is 6. The lowest BCUT2D eigenvalue weighted by atomic mass is 9.95. The fraction of sp³-hybridized carbons (Fsp3) is 0.630. The highest BCUT2D eigenvalue weighted by Crippen LogP contribution is 2.21. The van der Waals surface area contributed by atoms with Gasteiger partial charge in [0.15, 0.2) is 0 Å². The van der Waals surface area contributed by atoms with Gasteiger partial charge in [0.1, 0.15) is 30.0 Å². The highest BCUT2D eigenvalue weighted by atomic mass is 16.5. The van der Waals surface area contributed by atoms with E-state index in [1.165, 1.54) is 19.1 Å². The molecule has 9 nitrogen and oxygen atoms in total. The Bertz CT molecular complexity index is 901. The molecule has 1 aromatic carbocycles. The maximum absolute atomic E-state index is 13.1. The third-order valence-electron chi connectivity index (χ3n) is 6.39. The van der Waals surface area contributed by atoms with Gasteiger partial charge in [-0.2, -0.15) is 0 Å². The predicted octanol–water partition coefficient (Wildman–Crippen LogP) is 2.60. The monoisotopic (exact) mass is 503 g/mol. The smallest absolute Gasteiger partial charge is 0.328 e. The first-order valence-electron chi connectivity index (χ1n) is 12.9. The van der Waals surface area contributed by atoms with E-state index in [0.717, 1.165) is 24.8 Å². The number of amides is 3. The predicted molar refractivity (Wildman–Crippen MR) is 136 cm³/mol. The first kappa shape index (κ1) is 29.1. The number of carbonyl (C=O) groups is 4. The van der Waals surface area contributed by atoms with E-state index in [1.807, 2.05) is 20.8 Å². The van der Waals surface area contributed by atoms with E-state index >= 15 is 0 Å². The normalized spacial score (nSPS) is 24.9. The largest absolute Gasteiger partial charge is 0.508 e. The number of hydrogen-bond donors (Lipinski definition) is 4. The van der Waals surface area contributed by atoms with Crippen LogP contribution < -0.4 is 16.0 Å². The molecule has 1 fully saturated rings. The first-order chi connectivity index (χ1) is 17.0. The quantitative estimate of drug-likeness (QED) is 0.403. The fourth-order valence-electron chi connectivity index (χ4n) is 4.18. The molecule has 9 heteroatoms. The molecular formula is C27H41N3O6. The van der Waals surface area contributed by atoms with Crippen molar-refractivity contribution in [2.45, 2.75) is 97.4 Å². The molecule has 1 aliphatic rings. The van der Waals surface area contributed by atoms with Crippen LogP contribution in [0.15, 0.2) is 24.3 Å². The summed E-state index contributed by atoms with van der Waals surface area (Å²) in [5.74, 6) is -1.88. The van der Waals surface area contributed by atoms with Crippen LogP contribution in [0.4, 0.5) is 0 Å². The molecule has 1 aromatic rings. The lowest BCUT2D eigenvalue weighted by Gasteiger charge is -2.27. The van der Waals surface area contributed by atoms with Gasteiger partial charge in [-0.15, -0.1) is 0 Å². The Hall–Kier alpha value is -3.10. The maximum Gasteiger partial charge on any atom is 0.328 e. The van der Waals surface area contributed by atoms with Gasteiger partial charge >= 0.3 is 5.97 Å². The van der Waals surface area contributed by atoms with Crippen molar-refractivity contribution in [1.29, 1.82) is 0 Å². The van der Waals surface area contributed by atoms with Crippen LogP contribution in [0.5, 0.6) is 5.75 Å². The summed E-state index contributed by atoms with van der Waals surface area (Å²) in [6.45, 7) is 9.42. The van der Waals surface area contributed by atoms with Crippen LogP contribution in [-0.4, -0.2) is 53.0 Å². The molecule has 0 unspecified atom stereocenters. The molecule has 1 saturated heterocycles. The number of aromatic hydroxyl groups is 1. The molecule has 0 aromatic heterocycles. The first-order valence-corrected chi connectivity index (χ1v) is 12.9. The number of ether oxygens (including phenoxy) is 1. The Labute approximate surface area is 213 Å². The zero-order chi connectivity index (χ0) is 26.8. The Morgan fingerprint density at radius 1 is 0.972 bits per heavy atom. The average Bonchev–Trinajstić information content (AvgIpc) is 2.81. The SMILES string of the molecule is CCCC[C@H](C)[C@@H]1CC(=O)N[C@@H](Cc2ccc(O)cc2)C(=O)N[C@@H](C)C(=O)N[C@H](CC(C)C)C(=O)O1. The van der Waals surface area contributed by atoms with Gasteiger partial charge in [-0.25, -0.2) is 4.79 Å². The van der Waals surface area contributed by atoms with E-state index in [2.05, 4.69) is 22.9 Å². The van der Waals surface area contributed by atoms with E-state index in [1.54, 1.807) is 12.1 Å². The minimum Gasteiger partial charge on any atom is -0.508 e. The van der Waals surface area contributed by atoms with Crippen LogP contribution in [0.2, 0.25) is 0 Å². The van der Waals surface area contributed by atoms with Crippen molar-refractivity contribution in [2.75, 3.05) is 0 Å². The van der Waals surface area contributed by atoms with Gasteiger partial charge in [-0.1, -0.05) is 52.7 Å². The molecule has 1 heterocycles. The third kappa shape index (κ3) is 9.17. The number of esters is 1.